The van der Waals surface area contributed by atoms with Crippen LogP contribution in [0, 0.1) is 5.92 Å². The van der Waals surface area contributed by atoms with E-state index in [2.05, 4.69) is 19.2 Å². The maximum Gasteiger partial charge on any atom is 0.307 e. The lowest BCUT2D eigenvalue weighted by atomic mass is 10.1. The summed E-state index contributed by atoms with van der Waals surface area (Å²) < 4.78 is 0. The van der Waals surface area contributed by atoms with Gasteiger partial charge in [-0.05, 0) is 19.4 Å². The van der Waals surface area contributed by atoms with E-state index in [0.29, 0.717) is 19.6 Å². The Morgan fingerprint density at radius 3 is 2.37 bits per heavy atom. The van der Waals surface area contributed by atoms with Gasteiger partial charge in [0.25, 0.3) is 0 Å². The highest BCUT2D eigenvalue weighted by atomic mass is 16.4. The molecule has 0 aromatic rings. The average Bonchev–Trinajstić information content (AvgIpc) is 2.36. The number of amides is 1. The van der Waals surface area contributed by atoms with Crippen LogP contribution in [0.3, 0.4) is 0 Å². The molecule has 1 atom stereocenters. The van der Waals surface area contributed by atoms with E-state index in [9.17, 15) is 9.59 Å². The number of unbranched alkanes of at least 4 members (excludes halogenated alkanes) is 2. The summed E-state index contributed by atoms with van der Waals surface area (Å²) in [5.74, 6) is -1.27. The highest BCUT2D eigenvalue weighted by molar-refractivity contribution is 5.78. The molecule has 5 heteroatoms. The van der Waals surface area contributed by atoms with Gasteiger partial charge >= 0.3 is 5.97 Å². The number of rotatable bonds is 11. The first-order chi connectivity index (χ1) is 9.01. The van der Waals surface area contributed by atoms with Crippen molar-refractivity contribution >= 4 is 11.9 Å². The van der Waals surface area contributed by atoms with Crippen molar-refractivity contribution in [3.8, 4) is 0 Å². The molecule has 0 saturated carbocycles. The third-order valence-corrected chi connectivity index (χ3v) is 3.00. The standard InChI is InChI=1S/C14H28N2O3/c1-4-6-8-15-13(17)11-16(9-7-5-2)10-12(3)14(18)19/h12H,4-11H2,1-3H3,(H,15,17)(H,18,19). The van der Waals surface area contributed by atoms with E-state index < -0.39 is 11.9 Å². The molecule has 0 fully saturated rings. The second kappa shape index (κ2) is 10.8. The van der Waals surface area contributed by atoms with Gasteiger partial charge in [0.15, 0.2) is 0 Å². The zero-order chi connectivity index (χ0) is 14.7. The monoisotopic (exact) mass is 272 g/mol. The van der Waals surface area contributed by atoms with E-state index in [1.54, 1.807) is 6.92 Å². The van der Waals surface area contributed by atoms with Gasteiger partial charge in [-0.1, -0.05) is 33.6 Å². The fraction of sp³-hybridized carbons (Fsp3) is 0.857. The van der Waals surface area contributed by atoms with E-state index >= 15 is 0 Å². The second-order valence-corrected chi connectivity index (χ2v) is 5.03. The molecule has 0 aromatic carbocycles. The van der Waals surface area contributed by atoms with Crippen LogP contribution in [0.4, 0.5) is 0 Å². The number of hydrogen-bond donors (Lipinski definition) is 2. The molecule has 0 aliphatic rings. The SMILES string of the molecule is CCCCNC(=O)CN(CCCC)CC(C)C(=O)O. The topological polar surface area (TPSA) is 69.6 Å². The minimum Gasteiger partial charge on any atom is -0.481 e. The van der Waals surface area contributed by atoms with Gasteiger partial charge in [0.1, 0.15) is 0 Å². The molecule has 5 nitrogen and oxygen atoms in total. The van der Waals surface area contributed by atoms with Crippen LogP contribution in [0.1, 0.15) is 46.5 Å². The van der Waals surface area contributed by atoms with Crippen LogP contribution < -0.4 is 5.32 Å². The molecule has 0 aromatic heterocycles. The lowest BCUT2D eigenvalue weighted by Gasteiger charge is -2.23. The summed E-state index contributed by atoms with van der Waals surface area (Å²) in [6.07, 6.45) is 4.05. The van der Waals surface area contributed by atoms with Crippen molar-refractivity contribution < 1.29 is 14.7 Å². The first-order valence-corrected chi connectivity index (χ1v) is 7.23. The first-order valence-electron chi connectivity index (χ1n) is 7.23. The lowest BCUT2D eigenvalue weighted by Crippen LogP contribution is -2.41. The molecule has 1 unspecified atom stereocenters. The maximum absolute atomic E-state index is 11.7. The molecule has 0 bridgehead atoms. The first kappa shape index (κ1) is 17.9. The van der Waals surface area contributed by atoms with Gasteiger partial charge in [0.05, 0.1) is 12.5 Å². The van der Waals surface area contributed by atoms with Gasteiger partial charge < -0.3 is 10.4 Å². The smallest absolute Gasteiger partial charge is 0.307 e. The van der Waals surface area contributed by atoms with Crippen LogP contribution in [-0.2, 0) is 9.59 Å². The zero-order valence-corrected chi connectivity index (χ0v) is 12.4. The highest BCUT2D eigenvalue weighted by Gasteiger charge is 2.17. The fourth-order valence-electron chi connectivity index (χ4n) is 1.75. The van der Waals surface area contributed by atoms with Gasteiger partial charge in [-0.2, -0.15) is 0 Å². The molecule has 0 aliphatic carbocycles. The van der Waals surface area contributed by atoms with Crippen LogP contribution in [0.5, 0.6) is 0 Å². The summed E-state index contributed by atoms with van der Waals surface area (Å²) in [5, 5.41) is 11.8. The molecular weight excluding hydrogens is 244 g/mol. The van der Waals surface area contributed by atoms with Crippen molar-refractivity contribution in [2.75, 3.05) is 26.2 Å². The molecule has 19 heavy (non-hydrogen) atoms. The predicted octanol–water partition coefficient (Wildman–Crippen LogP) is 1.73. The van der Waals surface area contributed by atoms with Crippen LogP contribution >= 0.6 is 0 Å². The van der Waals surface area contributed by atoms with Gasteiger partial charge in [0, 0.05) is 13.1 Å². The van der Waals surface area contributed by atoms with Crippen molar-refractivity contribution in [2.24, 2.45) is 5.92 Å². The number of carboxylic acids is 1. The van der Waals surface area contributed by atoms with Gasteiger partial charge in [0.2, 0.25) is 5.91 Å². The van der Waals surface area contributed by atoms with Gasteiger partial charge in [-0.15, -0.1) is 0 Å². The summed E-state index contributed by atoms with van der Waals surface area (Å²) in [6, 6.07) is 0. The van der Waals surface area contributed by atoms with Crippen molar-refractivity contribution in [3.63, 3.8) is 0 Å². The molecule has 0 radical (unpaired) electrons. The Bertz CT molecular complexity index is 269. The van der Waals surface area contributed by atoms with Crippen molar-refractivity contribution in [1.29, 1.82) is 0 Å². The zero-order valence-electron chi connectivity index (χ0n) is 12.4. The summed E-state index contributed by atoms with van der Waals surface area (Å²) in [6.45, 7) is 8.03. The average molecular weight is 272 g/mol. The largest absolute Gasteiger partial charge is 0.481 e. The van der Waals surface area contributed by atoms with Crippen LogP contribution in [0.15, 0.2) is 0 Å². The molecule has 2 N–H and O–H groups in total. The molecular formula is C14H28N2O3. The van der Waals surface area contributed by atoms with E-state index in [4.69, 9.17) is 5.11 Å². The molecule has 1 amide bonds. The molecule has 112 valence electrons. The predicted molar refractivity (Wildman–Crippen MR) is 76.1 cm³/mol. The van der Waals surface area contributed by atoms with Crippen LogP contribution in [-0.4, -0.2) is 48.1 Å². The quantitative estimate of drug-likeness (QED) is 0.562. The third kappa shape index (κ3) is 9.47. The normalized spacial score (nSPS) is 12.4. The van der Waals surface area contributed by atoms with Crippen molar-refractivity contribution in [2.45, 2.75) is 46.5 Å². The Balaban J connectivity index is 4.17. The van der Waals surface area contributed by atoms with Crippen molar-refractivity contribution in [1.82, 2.24) is 10.2 Å². The number of carboxylic acid groups (broad SMARTS) is 1. The Morgan fingerprint density at radius 1 is 1.21 bits per heavy atom. The van der Waals surface area contributed by atoms with Gasteiger partial charge in [-0.25, -0.2) is 0 Å². The minimum absolute atomic E-state index is 0.0119. The Kier molecular flexibility index (Phi) is 10.2. The number of aliphatic carboxylic acids is 1. The van der Waals surface area contributed by atoms with Crippen molar-refractivity contribution in [3.05, 3.63) is 0 Å². The minimum atomic E-state index is -0.812. The third-order valence-electron chi connectivity index (χ3n) is 3.00. The van der Waals surface area contributed by atoms with E-state index in [1.807, 2.05) is 4.90 Å². The second-order valence-electron chi connectivity index (χ2n) is 5.03. The number of carbonyl (C=O) groups excluding carboxylic acids is 1. The Labute approximate surface area is 116 Å². The molecule has 0 aliphatic heterocycles. The number of hydrogen-bond acceptors (Lipinski definition) is 3. The molecule has 0 saturated heterocycles. The Morgan fingerprint density at radius 2 is 1.84 bits per heavy atom. The summed E-state index contributed by atoms with van der Waals surface area (Å²) in [5.41, 5.74) is 0. The van der Waals surface area contributed by atoms with E-state index in [1.165, 1.54) is 0 Å². The number of nitrogens with zero attached hydrogens (tertiary/aromatic N) is 1. The lowest BCUT2D eigenvalue weighted by molar-refractivity contribution is -0.142. The van der Waals surface area contributed by atoms with Crippen LogP contribution in [0.2, 0.25) is 0 Å². The molecule has 0 rings (SSSR count). The Hall–Kier alpha value is -1.10. The molecule has 0 spiro atoms. The summed E-state index contributed by atoms with van der Waals surface area (Å²) >= 11 is 0. The number of nitrogens with one attached hydrogen (secondary N) is 1. The van der Waals surface area contributed by atoms with E-state index in [-0.39, 0.29) is 5.91 Å². The number of carbonyl (C=O) groups is 2. The summed E-state index contributed by atoms with van der Waals surface area (Å²) in [7, 11) is 0. The van der Waals surface area contributed by atoms with Crippen LogP contribution in [0.25, 0.3) is 0 Å². The maximum atomic E-state index is 11.7. The van der Waals surface area contributed by atoms with E-state index in [0.717, 1.165) is 32.2 Å². The summed E-state index contributed by atoms with van der Waals surface area (Å²) in [4.78, 5) is 24.6. The van der Waals surface area contributed by atoms with Gasteiger partial charge in [-0.3, -0.25) is 14.5 Å². The molecule has 0 heterocycles. The highest BCUT2D eigenvalue weighted by Crippen LogP contribution is 2.02. The fourth-order valence-corrected chi connectivity index (χ4v) is 1.75.